The number of alkyl halides is 2. The van der Waals surface area contributed by atoms with Crippen LogP contribution in [0.5, 0.6) is 0 Å². The van der Waals surface area contributed by atoms with E-state index in [1.54, 1.807) is 55.1 Å². The monoisotopic (exact) mass is 463 g/mol. The van der Waals surface area contributed by atoms with Gasteiger partial charge >= 0.3 is 0 Å². The number of anilines is 4. The molecule has 0 aliphatic rings. The lowest BCUT2D eigenvalue weighted by Crippen LogP contribution is -2.16. The van der Waals surface area contributed by atoms with Gasteiger partial charge in [0.2, 0.25) is 5.95 Å². The Morgan fingerprint density at radius 3 is 2.38 bits per heavy atom. The fraction of sp³-hybridized carbons (Fsp3) is 0.0833. The third-order valence-corrected chi connectivity index (χ3v) is 5.29. The molecule has 0 atom stereocenters. The van der Waals surface area contributed by atoms with Crippen LogP contribution in [0.15, 0.2) is 85.5 Å². The highest BCUT2D eigenvalue weighted by atomic mass is 35.5. The summed E-state index contributed by atoms with van der Waals surface area (Å²) in [7, 11) is 0. The Kier molecular flexibility index (Phi) is 6.63. The number of aryl methyl sites for hydroxylation is 1. The third-order valence-electron chi connectivity index (χ3n) is 4.79. The van der Waals surface area contributed by atoms with Crippen molar-refractivity contribution in [2.24, 2.45) is 0 Å². The second-order valence-corrected chi connectivity index (χ2v) is 8.07. The zero-order valence-electron chi connectivity index (χ0n) is 17.1. The van der Waals surface area contributed by atoms with E-state index >= 15 is 0 Å². The molecule has 2 aromatic heterocycles. The maximum atomic E-state index is 12.8. The van der Waals surface area contributed by atoms with Crippen LogP contribution in [0, 0.1) is 6.92 Å². The van der Waals surface area contributed by atoms with Crippen molar-refractivity contribution < 1.29 is 4.79 Å². The van der Waals surface area contributed by atoms with Gasteiger partial charge in [-0.3, -0.25) is 14.7 Å². The molecule has 0 fully saturated rings. The molecule has 8 heteroatoms. The van der Waals surface area contributed by atoms with E-state index in [9.17, 15) is 4.79 Å². The maximum absolute atomic E-state index is 12.8. The molecule has 1 amide bonds. The van der Waals surface area contributed by atoms with Gasteiger partial charge in [0.05, 0.1) is 17.6 Å². The Morgan fingerprint density at radius 1 is 0.969 bits per heavy atom. The van der Waals surface area contributed by atoms with Crippen LogP contribution in [-0.2, 0) is 0 Å². The fourth-order valence-electron chi connectivity index (χ4n) is 3.17. The van der Waals surface area contributed by atoms with E-state index < -0.39 is 4.84 Å². The van der Waals surface area contributed by atoms with E-state index in [1.807, 2.05) is 42.2 Å². The molecule has 0 aliphatic carbocycles. The van der Waals surface area contributed by atoms with Gasteiger partial charge in [-0.25, -0.2) is 9.97 Å². The van der Waals surface area contributed by atoms with E-state index in [-0.39, 0.29) is 5.91 Å². The predicted molar refractivity (Wildman–Crippen MR) is 128 cm³/mol. The summed E-state index contributed by atoms with van der Waals surface area (Å²) < 4.78 is 0. The van der Waals surface area contributed by atoms with E-state index in [4.69, 9.17) is 23.2 Å². The number of nitrogens with zero attached hydrogens (tertiary/aromatic N) is 4. The Balaban J connectivity index is 1.67. The molecule has 160 valence electrons. The highest BCUT2D eigenvalue weighted by molar-refractivity contribution is 6.44. The second kappa shape index (κ2) is 9.77. The maximum Gasteiger partial charge on any atom is 0.255 e. The van der Waals surface area contributed by atoms with Gasteiger partial charge in [0.15, 0.2) is 0 Å². The Bertz CT molecular complexity index is 1160. The van der Waals surface area contributed by atoms with E-state index in [0.717, 1.165) is 22.5 Å². The number of aromatic nitrogens is 3. The SMILES string of the molecule is Cc1ccc(NC(=O)c2ccc(C(Cl)Cl)cc2)cc1N(c1cccnc1)c1ncccn1. The number of hydrogen-bond acceptors (Lipinski definition) is 5. The van der Waals surface area contributed by atoms with Crippen molar-refractivity contribution in [2.75, 3.05) is 10.2 Å². The van der Waals surface area contributed by atoms with Gasteiger partial charge in [-0.15, -0.1) is 23.2 Å². The van der Waals surface area contributed by atoms with Crippen molar-refractivity contribution in [3.63, 3.8) is 0 Å². The molecule has 0 saturated carbocycles. The topological polar surface area (TPSA) is 71.0 Å². The minimum atomic E-state index is -0.634. The first kappa shape index (κ1) is 21.7. The lowest BCUT2D eigenvalue weighted by molar-refractivity contribution is 0.102. The van der Waals surface area contributed by atoms with Crippen LogP contribution >= 0.6 is 23.2 Å². The molecule has 0 bridgehead atoms. The van der Waals surface area contributed by atoms with Gasteiger partial charge in [0, 0.05) is 29.8 Å². The molecule has 6 nitrogen and oxygen atoms in total. The van der Waals surface area contributed by atoms with Gasteiger partial charge < -0.3 is 5.32 Å². The number of hydrogen-bond donors (Lipinski definition) is 1. The summed E-state index contributed by atoms with van der Waals surface area (Å²) in [6.07, 6.45) is 6.81. The second-order valence-electron chi connectivity index (χ2n) is 6.97. The van der Waals surface area contributed by atoms with Gasteiger partial charge in [0.25, 0.3) is 5.91 Å². The Labute approximate surface area is 195 Å². The summed E-state index contributed by atoms with van der Waals surface area (Å²) in [5.41, 5.74) is 4.48. The Morgan fingerprint density at radius 2 is 1.72 bits per heavy atom. The number of carbonyl (C=O) groups is 1. The summed E-state index contributed by atoms with van der Waals surface area (Å²) in [6.45, 7) is 1.99. The van der Waals surface area contributed by atoms with Crippen molar-refractivity contribution in [3.05, 3.63) is 102 Å². The quantitative estimate of drug-likeness (QED) is 0.336. The molecule has 0 spiro atoms. The van der Waals surface area contributed by atoms with Crippen molar-refractivity contribution >= 4 is 52.1 Å². The predicted octanol–water partition coefficient (Wildman–Crippen LogP) is 6.38. The number of carbonyl (C=O) groups excluding carboxylic acids is 1. The first-order valence-electron chi connectivity index (χ1n) is 9.80. The lowest BCUT2D eigenvalue weighted by Gasteiger charge is -2.24. The summed E-state index contributed by atoms with van der Waals surface area (Å²) in [4.78, 5) is 27.1. The standard InChI is InChI=1S/C24H19Cl2N5O/c1-16-5-10-19(30-23(32)18-8-6-17(7-9-18)22(25)26)14-21(16)31(20-4-2-11-27-15-20)24-28-12-3-13-29-24/h2-15,22H,1H3,(H,30,32). The van der Waals surface area contributed by atoms with E-state index in [1.165, 1.54) is 0 Å². The van der Waals surface area contributed by atoms with Gasteiger partial charge in [-0.05, 0) is 60.5 Å². The van der Waals surface area contributed by atoms with Crippen LogP contribution in [-0.4, -0.2) is 20.9 Å². The number of pyridine rings is 1. The first-order valence-corrected chi connectivity index (χ1v) is 10.7. The first-order chi connectivity index (χ1) is 15.5. The van der Waals surface area contributed by atoms with Crippen LogP contribution in [0.3, 0.4) is 0 Å². The Hall–Kier alpha value is -3.48. The number of rotatable bonds is 6. The number of benzene rings is 2. The average molecular weight is 464 g/mol. The summed E-state index contributed by atoms with van der Waals surface area (Å²) in [5.74, 6) is 0.260. The molecule has 0 unspecified atom stereocenters. The summed E-state index contributed by atoms with van der Waals surface area (Å²) in [6, 6.07) is 18.1. The van der Waals surface area contributed by atoms with Gasteiger partial charge in [0.1, 0.15) is 4.84 Å². The molecule has 0 aliphatic heterocycles. The zero-order valence-corrected chi connectivity index (χ0v) is 18.6. The van der Waals surface area contributed by atoms with Crippen LogP contribution < -0.4 is 10.2 Å². The smallest absolute Gasteiger partial charge is 0.255 e. The molecule has 4 aromatic rings. The van der Waals surface area contributed by atoms with Crippen molar-refractivity contribution in [1.29, 1.82) is 0 Å². The van der Waals surface area contributed by atoms with Crippen LogP contribution in [0.2, 0.25) is 0 Å². The van der Waals surface area contributed by atoms with Crippen LogP contribution in [0.4, 0.5) is 23.0 Å². The van der Waals surface area contributed by atoms with Crippen molar-refractivity contribution in [3.8, 4) is 0 Å². The average Bonchev–Trinajstić information content (AvgIpc) is 2.82. The molecule has 4 rings (SSSR count). The number of halogens is 2. The molecular formula is C24H19Cl2N5O. The molecule has 0 radical (unpaired) electrons. The highest BCUT2D eigenvalue weighted by Crippen LogP contribution is 2.35. The molecule has 2 aromatic carbocycles. The normalized spacial score (nSPS) is 10.8. The van der Waals surface area contributed by atoms with E-state index in [2.05, 4.69) is 20.3 Å². The minimum absolute atomic E-state index is 0.240. The molecule has 2 heterocycles. The summed E-state index contributed by atoms with van der Waals surface area (Å²) in [5, 5.41) is 2.94. The fourth-order valence-corrected chi connectivity index (χ4v) is 3.46. The molecular weight excluding hydrogens is 445 g/mol. The lowest BCUT2D eigenvalue weighted by atomic mass is 10.1. The van der Waals surface area contributed by atoms with Gasteiger partial charge in [-0.2, -0.15) is 0 Å². The van der Waals surface area contributed by atoms with Crippen molar-refractivity contribution in [1.82, 2.24) is 15.0 Å². The highest BCUT2D eigenvalue weighted by Gasteiger charge is 2.18. The summed E-state index contributed by atoms with van der Waals surface area (Å²) >= 11 is 11.7. The van der Waals surface area contributed by atoms with Crippen LogP contribution in [0.25, 0.3) is 0 Å². The zero-order chi connectivity index (χ0) is 22.5. The number of nitrogens with one attached hydrogen (secondary N) is 1. The molecule has 0 saturated heterocycles. The third kappa shape index (κ3) is 4.88. The number of amides is 1. The van der Waals surface area contributed by atoms with Crippen molar-refractivity contribution in [2.45, 2.75) is 11.8 Å². The molecule has 1 N–H and O–H groups in total. The minimum Gasteiger partial charge on any atom is -0.322 e. The largest absolute Gasteiger partial charge is 0.322 e. The van der Waals surface area contributed by atoms with Gasteiger partial charge in [-0.1, -0.05) is 18.2 Å². The van der Waals surface area contributed by atoms with Crippen LogP contribution in [0.1, 0.15) is 26.3 Å². The molecule has 32 heavy (non-hydrogen) atoms. The van der Waals surface area contributed by atoms with E-state index in [0.29, 0.717) is 17.2 Å².